The van der Waals surface area contributed by atoms with E-state index >= 15 is 0 Å². The summed E-state index contributed by atoms with van der Waals surface area (Å²) in [4.78, 5) is 3.09. The predicted octanol–water partition coefficient (Wildman–Crippen LogP) is 2.40. The zero-order valence-corrected chi connectivity index (χ0v) is 9.43. The average molecular weight is 241 g/mol. The summed E-state index contributed by atoms with van der Waals surface area (Å²) in [5.41, 5.74) is 2.04. The molecule has 1 heterocycles. The van der Waals surface area contributed by atoms with Crippen LogP contribution >= 0.6 is 0 Å². The van der Waals surface area contributed by atoms with Crippen molar-refractivity contribution in [2.45, 2.75) is 12.8 Å². The van der Waals surface area contributed by atoms with Gasteiger partial charge in [-0.15, -0.1) is 3.89 Å². The standard InChI is InChI=1S/C11H12FNO2S/c12-16(14,15)7-3-4-9-8-13-11-6-2-1-5-10(9)11/h1-2,5-6,8,13H,3-4,7H2. The Labute approximate surface area is 93.5 Å². The fourth-order valence-corrected chi connectivity index (χ4v) is 2.26. The smallest absolute Gasteiger partial charge is 0.302 e. The Morgan fingerprint density at radius 2 is 2.00 bits per heavy atom. The summed E-state index contributed by atoms with van der Waals surface area (Å²) in [7, 11) is -4.34. The normalized spacial score (nSPS) is 12.1. The number of nitrogens with one attached hydrogen (secondary N) is 1. The Morgan fingerprint density at radius 3 is 2.75 bits per heavy atom. The maximum atomic E-state index is 12.3. The summed E-state index contributed by atoms with van der Waals surface area (Å²) >= 11 is 0. The predicted molar refractivity (Wildman–Crippen MR) is 61.5 cm³/mol. The zero-order chi connectivity index (χ0) is 11.6. The van der Waals surface area contributed by atoms with Crippen molar-refractivity contribution in [1.82, 2.24) is 4.98 Å². The van der Waals surface area contributed by atoms with Gasteiger partial charge >= 0.3 is 10.2 Å². The Balaban J connectivity index is 2.10. The van der Waals surface area contributed by atoms with E-state index in [4.69, 9.17) is 0 Å². The lowest BCUT2D eigenvalue weighted by Crippen LogP contribution is -1.99. The van der Waals surface area contributed by atoms with E-state index in [0.717, 1.165) is 16.5 Å². The van der Waals surface area contributed by atoms with E-state index in [1.54, 1.807) is 0 Å². The minimum atomic E-state index is -4.34. The average Bonchev–Trinajstić information content (AvgIpc) is 2.60. The SMILES string of the molecule is O=S(=O)(F)CCCc1c[nH]c2ccccc12. The van der Waals surface area contributed by atoms with Crippen molar-refractivity contribution in [3.8, 4) is 0 Å². The molecule has 3 nitrogen and oxygen atoms in total. The number of fused-ring (bicyclic) bond motifs is 1. The first-order valence-electron chi connectivity index (χ1n) is 5.03. The highest BCUT2D eigenvalue weighted by Gasteiger charge is 2.08. The molecule has 1 N–H and O–H groups in total. The third-order valence-corrected chi connectivity index (χ3v) is 3.29. The molecule has 0 bridgehead atoms. The Morgan fingerprint density at radius 1 is 1.25 bits per heavy atom. The molecule has 5 heteroatoms. The Kier molecular flexibility index (Phi) is 2.96. The second-order valence-electron chi connectivity index (χ2n) is 3.71. The van der Waals surface area contributed by atoms with Crippen molar-refractivity contribution < 1.29 is 12.3 Å². The van der Waals surface area contributed by atoms with Crippen LogP contribution in [0.1, 0.15) is 12.0 Å². The topological polar surface area (TPSA) is 49.9 Å². The molecule has 0 aliphatic rings. The molecule has 0 saturated carbocycles. The first-order valence-corrected chi connectivity index (χ1v) is 6.59. The molecule has 2 aromatic rings. The quantitative estimate of drug-likeness (QED) is 0.836. The number of benzene rings is 1. The molecule has 0 amide bonds. The molecule has 0 spiro atoms. The van der Waals surface area contributed by atoms with Crippen LogP contribution in [0.3, 0.4) is 0 Å². The Bertz CT molecular complexity index is 589. The minimum Gasteiger partial charge on any atom is -0.361 e. The van der Waals surface area contributed by atoms with Crippen LogP contribution in [-0.4, -0.2) is 19.2 Å². The van der Waals surface area contributed by atoms with Gasteiger partial charge in [-0.1, -0.05) is 18.2 Å². The highest BCUT2D eigenvalue weighted by molar-refractivity contribution is 7.86. The van der Waals surface area contributed by atoms with E-state index in [9.17, 15) is 12.3 Å². The molecule has 86 valence electrons. The van der Waals surface area contributed by atoms with Gasteiger partial charge in [0.2, 0.25) is 0 Å². The maximum absolute atomic E-state index is 12.3. The number of aromatic amines is 1. The monoisotopic (exact) mass is 241 g/mol. The summed E-state index contributed by atoms with van der Waals surface area (Å²) in [6.45, 7) is 0. The number of para-hydroxylation sites is 1. The zero-order valence-electron chi connectivity index (χ0n) is 8.61. The van der Waals surface area contributed by atoms with Gasteiger partial charge in [-0.05, 0) is 24.5 Å². The van der Waals surface area contributed by atoms with Crippen molar-refractivity contribution in [3.05, 3.63) is 36.0 Å². The Hall–Kier alpha value is -1.36. The van der Waals surface area contributed by atoms with Crippen molar-refractivity contribution in [2.75, 3.05) is 5.75 Å². The number of rotatable bonds is 4. The molecule has 0 atom stereocenters. The van der Waals surface area contributed by atoms with Gasteiger partial charge in [-0.25, -0.2) is 0 Å². The van der Waals surface area contributed by atoms with Crippen molar-refractivity contribution in [3.63, 3.8) is 0 Å². The molecule has 1 aromatic carbocycles. The molecule has 0 aliphatic carbocycles. The van der Waals surface area contributed by atoms with Gasteiger partial charge in [0.1, 0.15) is 0 Å². The van der Waals surface area contributed by atoms with Crippen LogP contribution in [0, 0.1) is 0 Å². The van der Waals surface area contributed by atoms with Gasteiger partial charge in [-0.2, -0.15) is 8.42 Å². The number of aryl methyl sites for hydroxylation is 1. The third kappa shape index (κ3) is 2.61. The van der Waals surface area contributed by atoms with E-state index in [1.165, 1.54) is 0 Å². The molecule has 16 heavy (non-hydrogen) atoms. The first-order chi connectivity index (χ1) is 7.56. The lowest BCUT2D eigenvalue weighted by Gasteiger charge is -1.97. The van der Waals surface area contributed by atoms with Crippen LogP contribution in [0.4, 0.5) is 3.89 Å². The number of aromatic nitrogens is 1. The van der Waals surface area contributed by atoms with Crippen molar-refractivity contribution >= 4 is 21.1 Å². The van der Waals surface area contributed by atoms with Gasteiger partial charge in [0.15, 0.2) is 0 Å². The van der Waals surface area contributed by atoms with E-state index in [2.05, 4.69) is 4.98 Å². The van der Waals surface area contributed by atoms with Gasteiger partial charge in [0.25, 0.3) is 0 Å². The van der Waals surface area contributed by atoms with Gasteiger partial charge in [0, 0.05) is 17.1 Å². The highest BCUT2D eigenvalue weighted by atomic mass is 32.3. The van der Waals surface area contributed by atoms with Crippen LogP contribution in [0.15, 0.2) is 30.5 Å². The van der Waals surface area contributed by atoms with E-state index in [1.807, 2.05) is 30.5 Å². The first kappa shape index (κ1) is 11.1. The van der Waals surface area contributed by atoms with Crippen LogP contribution in [0.25, 0.3) is 10.9 Å². The molecule has 0 saturated heterocycles. The van der Waals surface area contributed by atoms with Crippen LogP contribution in [-0.2, 0) is 16.6 Å². The maximum Gasteiger partial charge on any atom is 0.302 e. The molecular formula is C11H12FNO2S. The number of hydrogen-bond donors (Lipinski definition) is 1. The molecule has 0 unspecified atom stereocenters. The van der Waals surface area contributed by atoms with Crippen LogP contribution in [0.2, 0.25) is 0 Å². The van der Waals surface area contributed by atoms with E-state index in [-0.39, 0.29) is 0 Å². The number of hydrogen-bond acceptors (Lipinski definition) is 2. The van der Waals surface area contributed by atoms with Gasteiger partial charge < -0.3 is 4.98 Å². The third-order valence-electron chi connectivity index (χ3n) is 2.51. The minimum absolute atomic E-state index is 0.306. The van der Waals surface area contributed by atoms with Crippen LogP contribution < -0.4 is 0 Å². The van der Waals surface area contributed by atoms with E-state index in [0.29, 0.717) is 12.8 Å². The lowest BCUT2D eigenvalue weighted by molar-refractivity contribution is 0.549. The number of H-pyrrole nitrogens is 1. The summed E-state index contributed by atoms with van der Waals surface area (Å²) < 4.78 is 33.0. The van der Waals surface area contributed by atoms with Crippen LogP contribution in [0.5, 0.6) is 0 Å². The summed E-state index contributed by atoms with van der Waals surface area (Å²) in [5, 5.41) is 1.07. The van der Waals surface area contributed by atoms with Crippen molar-refractivity contribution in [1.29, 1.82) is 0 Å². The second kappa shape index (κ2) is 4.25. The molecular weight excluding hydrogens is 229 g/mol. The summed E-state index contributed by atoms with van der Waals surface area (Å²) in [6, 6.07) is 7.76. The lowest BCUT2D eigenvalue weighted by atomic mass is 10.1. The van der Waals surface area contributed by atoms with Gasteiger partial charge in [0.05, 0.1) is 5.75 Å². The second-order valence-corrected chi connectivity index (χ2v) is 5.19. The highest BCUT2D eigenvalue weighted by Crippen LogP contribution is 2.19. The molecule has 0 radical (unpaired) electrons. The summed E-state index contributed by atoms with van der Waals surface area (Å²) in [6.07, 6.45) is 2.71. The largest absolute Gasteiger partial charge is 0.361 e. The molecule has 0 fully saturated rings. The molecule has 0 aliphatic heterocycles. The van der Waals surface area contributed by atoms with E-state index < -0.39 is 16.0 Å². The van der Waals surface area contributed by atoms with Gasteiger partial charge in [-0.3, -0.25) is 0 Å². The molecule has 1 aromatic heterocycles. The molecule has 2 rings (SSSR count). The fraction of sp³-hybridized carbons (Fsp3) is 0.273. The fourth-order valence-electron chi connectivity index (χ4n) is 1.77. The summed E-state index contributed by atoms with van der Waals surface area (Å²) in [5.74, 6) is -0.410. The number of halogens is 1. The van der Waals surface area contributed by atoms with Crippen molar-refractivity contribution in [2.24, 2.45) is 0 Å².